The molecule has 0 saturated heterocycles. The maximum absolute atomic E-state index is 12.8. The predicted octanol–water partition coefficient (Wildman–Crippen LogP) is 17.6. The molecular formula is C59H94O5. The first-order valence-corrected chi connectivity index (χ1v) is 25.7. The number of unbranched alkanes of at least 4 members (excludes halogenated alkanes) is 12. The molecule has 1 atom stereocenters. The van der Waals surface area contributed by atoms with Crippen LogP contribution in [0.2, 0.25) is 0 Å². The van der Waals surface area contributed by atoms with Crippen LogP contribution < -0.4 is 0 Å². The molecule has 0 amide bonds. The molecule has 0 N–H and O–H groups in total. The first-order chi connectivity index (χ1) is 31.6. The first-order valence-electron chi connectivity index (χ1n) is 25.7. The molecule has 64 heavy (non-hydrogen) atoms. The molecule has 5 heteroatoms. The Hall–Kier alpha value is -3.96. The van der Waals surface area contributed by atoms with E-state index in [1.165, 1.54) is 32.1 Å². The van der Waals surface area contributed by atoms with Crippen molar-refractivity contribution in [1.82, 2.24) is 0 Å². The monoisotopic (exact) mass is 883 g/mol. The van der Waals surface area contributed by atoms with E-state index in [0.717, 1.165) is 135 Å². The smallest absolute Gasteiger partial charge is 0.306 e. The zero-order valence-electron chi connectivity index (χ0n) is 41.2. The van der Waals surface area contributed by atoms with Gasteiger partial charge < -0.3 is 14.2 Å². The van der Waals surface area contributed by atoms with E-state index in [-0.39, 0.29) is 25.2 Å². The van der Waals surface area contributed by atoms with Gasteiger partial charge in [-0.25, -0.2) is 0 Å². The molecule has 0 aromatic carbocycles. The number of hydrogen-bond acceptors (Lipinski definition) is 5. The van der Waals surface area contributed by atoms with Crippen LogP contribution in [-0.2, 0) is 23.8 Å². The van der Waals surface area contributed by atoms with Crippen molar-refractivity contribution in [2.45, 2.75) is 207 Å². The molecule has 0 aromatic rings. The van der Waals surface area contributed by atoms with Crippen molar-refractivity contribution < 1.29 is 23.8 Å². The van der Waals surface area contributed by atoms with E-state index in [9.17, 15) is 9.59 Å². The van der Waals surface area contributed by atoms with Gasteiger partial charge in [0.25, 0.3) is 0 Å². The fraction of sp³-hybridized carbons (Fsp3) is 0.593. The van der Waals surface area contributed by atoms with E-state index in [1.54, 1.807) is 0 Å². The van der Waals surface area contributed by atoms with Crippen molar-refractivity contribution in [2.24, 2.45) is 0 Å². The van der Waals surface area contributed by atoms with E-state index < -0.39 is 6.10 Å². The molecule has 0 heterocycles. The number of rotatable bonds is 45. The number of carbonyl (C=O) groups excluding carboxylic acids is 2. The third kappa shape index (κ3) is 50.7. The summed E-state index contributed by atoms with van der Waals surface area (Å²) in [6, 6.07) is 0. The number of ether oxygens (including phenoxy) is 3. The standard InChI is InChI=1S/C59H94O5/c1-4-7-10-13-16-19-22-24-26-28-29-30-32-34-36-39-42-45-48-51-54-62-55-57(64-59(61)53-50-47-44-41-37-21-18-15-12-9-6-3)56-63-58(60)52-49-46-43-40-38-35-33-31-27-25-23-20-17-14-11-8-5-2/h7-8,10-11,15-20,24-27,29-30,33-36,42,45,57H,4-6,9,12-14,21-23,28,31-32,37-41,43-44,46-56H2,1-3H3/b10-7-,11-8-,18-15-,19-16-,20-17-,26-24-,27-25-,30-29-,35-33-,36-34-,45-42-. The average molecular weight is 883 g/mol. The maximum Gasteiger partial charge on any atom is 0.306 e. The summed E-state index contributed by atoms with van der Waals surface area (Å²) in [7, 11) is 0. The predicted molar refractivity (Wildman–Crippen MR) is 278 cm³/mol. The van der Waals surface area contributed by atoms with Gasteiger partial charge in [0.15, 0.2) is 6.10 Å². The molecule has 0 aliphatic heterocycles. The molecule has 0 aliphatic rings. The van der Waals surface area contributed by atoms with Crippen LogP contribution in [0.5, 0.6) is 0 Å². The van der Waals surface area contributed by atoms with Crippen LogP contribution in [0.4, 0.5) is 0 Å². The van der Waals surface area contributed by atoms with Crippen molar-refractivity contribution in [3.8, 4) is 0 Å². The Balaban J connectivity index is 4.42. The lowest BCUT2D eigenvalue weighted by Crippen LogP contribution is -2.30. The third-order valence-electron chi connectivity index (χ3n) is 10.2. The minimum atomic E-state index is -0.590. The zero-order valence-corrected chi connectivity index (χ0v) is 41.2. The van der Waals surface area contributed by atoms with Crippen molar-refractivity contribution in [3.63, 3.8) is 0 Å². The average Bonchev–Trinajstić information content (AvgIpc) is 3.30. The normalized spacial score (nSPS) is 13.4. The Morgan fingerprint density at radius 1 is 0.359 bits per heavy atom. The van der Waals surface area contributed by atoms with Gasteiger partial charge in [-0.05, 0) is 122 Å². The molecule has 360 valence electrons. The van der Waals surface area contributed by atoms with Crippen LogP contribution in [0.25, 0.3) is 0 Å². The highest BCUT2D eigenvalue weighted by atomic mass is 16.6. The SMILES string of the molecule is CC/C=C\C/C=C\C/C=C\C/C=C\C/C=C\C/C=C\CCCOCC(COC(=O)CCCCCC/C=C\C/C=C\C/C=C\C/C=C\CC)OC(=O)CCCCCCC/C=C\CCCC. The van der Waals surface area contributed by atoms with Gasteiger partial charge in [-0.1, -0.05) is 199 Å². The van der Waals surface area contributed by atoms with Crippen molar-refractivity contribution >= 4 is 11.9 Å². The van der Waals surface area contributed by atoms with Crippen LogP contribution in [0.1, 0.15) is 201 Å². The van der Waals surface area contributed by atoms with Gasteiger partial charge in [-0.3, -0.25) is 9.59 Å². The van der Waals surface area contributed by atoms with Crippen LogP contribution in [0.3, 0.4) is 0 Å². The van der Waals surface area contributed by atoms with Gasteiger partial charge in [0.1, 0.15) is 6.61 Å². The van der Waals surface area contributed by atoms with Crippen molar-refractivity contribution in [1.29, 1.82) is 0 Å². The molecule has 0 fully saturated rings. The summed E-state index contributed by atoms with van der Waals surface area (Å²) in [5.41, 5.74) is 0. The fourth-order valence-electron chi connectivity index (χ4n) is 6.38. The van der Waals surface area contributed by atoms with Gasteiger partial charge in [0, 0.05) is 19.4 Å². The second kappa shape index (κ2) is 53.4. The van der Waals surface area contributed by atoms with E-state index in [1.807, 2.05) is 0 Å². The zero-order chi connectivity index (χ0) is 46.3. The Labute approximate surface area is 394 Å². The molecule has 0 bridgehead atoms. The molecule has 0 radical (unpaired) electrons. The molecule has 0 saturated carbocycles. The lowest BCUT2D eigenvalue weighted by molar-refractivity contribution is -0.163. The molecule has 0 aliphatic carbocycles. The minimum Gasteiger partial charge on any atom is -0.462 e. The summed E-state index contributed by atoms with van der Waals surface area (Å²) >= 11 is 0. The summed E-state index contributed by atoms with van der Waals surface area (Å²) in [4.78, 5) is 25.4. The summed E-state index contributed by atoms with van der Waals surface area (Å²) in [5.74, 6) is -0.479. The Morgan fingerprint density at radius 3 is 1.14 bits per heavy atom. The fourth-order valence-corrected chi connectivity index (χ4v) is 6.38. The lowest BCUT2D eigenvalue weighted by atomic mass is 10.1. The topological polar surface area (TPSA) is 61.8 Å². The number of hydrogen-bond donors (Lipinski definition) is 0. The van der Waals surface area contributed by atoms with E-state index in [2.05, 4.69) is 154 Å². The lowest BCUT2D eigenvalue weighted by Gasteiger charge is -2.18. The van der Waals surface area contributed by atoms with E-state index in [4.69, 9.17) is 14.2 Å². The largest absolute Gasteiger partial charge is 0.462 e. The Morgan fingerprint density at radius 2 is 0.703 bits per heavy atom. The Kier molecular flexibility index (Phi) is 50.1. The highest BCUT2D eigenvalue weighted by Crippen LogP contribution is 2.12. The number of carbonyl (C=O) groups is 2. The summed E-state index contributed by atoms with van der Waals surface area (Å²) in [5, 5.41) is 0. The van der Waals surface area contributed by atoms with Crippen LogP contribution in [0, 0.1) is 0 Å². The second-order valence-corrected chi connectivity index (χ2v) is 16.3. The summed E-state index contributed by atoms with van der Waals surface area (Å²) < 4.78 is 17.3. The van der Waals surface area contributed by atoms with Crippen molar-refractivity contribution in [3.05, 3.63) is 134 Å². The van der Waals surface area contributed by atoms with Crippen LogP contribution in [-0.4, -0.2) is 37.9 Å². The van der Waals surface area contributed by atoms with Crippen LogP contribution >= 0.6 is 0 Å². The van der Waals surface area contributed by atoms with Gasteiger partial charge in [0.2, 0.25) is 0 Å². The molecule has 0 aromatic heterocycles. The number of allylic oxidation sites excluding steroid dienone is 22. The highest BCUT2D eigenvalue weighted by molar-refractivity contribution is 5.70. The minimum absolute atomic E-state index is 0.0370. The third-order valence-corrected chi connectivity index (χ3v) is 10.2. The number of esters is 2. The Bertz CT molecular complexity index is 1370. The summed E-state index contributed by atoms with van der Waals surface area (Å²) in [6.45, 7) is 7.36. The van der Waals surface area contributed by atoms with E-state index >= 15 is 0 Å². The summed E-state index contributed by atoms with van der Waals surface area (Å²) in [6.07, 6.45) is 76.1. The van der Waals surface area contributed by atoms with Gasteiger partial charge in [-0.2, -0.15) is 0 Å². The van der Waals surface area contributed by atoms with E-state index in [0.29, 0.717) is 19.4 Å². The first kappa shape index (κ1) is 60.0. The van der Waals surface area contributed by atoms with Gasteiger partial charge in [0.05, 0.1) is 6.61 Å². The molecule has 0 rings (SSSR count). The van der Waals surface area contributed by atoms with Crippen LogP contribution in [0.15, 0.2) is 134 Å². The molecular weight excluding hydrogens is 789 g/mol. The quantitative estimate of drug-likeness (QED) is 0.0346. The molecule has 1 unspecified atom stereocenters. The highest BCUT2D eigenvalue weighted by Gasteiger charge is 2.17. The molecule has 5 nitrogen and oxygen atoms in total. The molecule has 0 spiro atoms. The van der Waals surface area contributed by atoms with Gasteiger partial charge in [-0.15, -0.1) is 0 Å². The van der Waals surface area contributed by atoms with Gasteiger partial charge >= 0.3 is 11.9 Å². The maximum atomic E-state index is 12.8. The van der Waals surface area contributed by atoms with Crippen molar-refractivity contribution in [2.75, 3.05) is 19.8 Å². The second-order valence-electron chi connectivity index (χ2n) is 16.3.